The summed E-state index contributed by atoms with van der Waals surface area (Å²) in [6.07, 6.45) is 1.10. The van der Waals surface area contributed by atoms with Gasteiger partial charge in [0.2, 0.25) is 0 Å². The van der Waals surface area contributed by atoms with E-state index in [2.05, 4.69) is 24.4 Å². The Morgan fingerprint density at radius 3 is 2.57 bits per heavy atom. The number of rotatable bonds is 13. The van der Waals surface area contributed by atoms with E-state index in [4.69, 9.17) is 15.2 Å². The standard InChI is InChI=1S/C24H34N2O4/c1-4-29-18(3)16-30-23-13-12-20(14-21(23)24(25)28)22(27)15-26-17(2)10-11-19-8-6-5-7-9-19/h5-9,12-14,17-18,22,26-27H,4,10-11,15-16H2,1-3H3,(H2,25,28). The second-order valence-electron chi connectivity index (χ2n) is 7.55. The molecular formula is C24H34N2O4. The van der Waals surface area contributed by atoms with E-state index >= 15 is 0 Å². The molecule has 0 saturated carbocycles. The maximum atomic E-state index is 11.9. The molecule has 0 aliphatic rings. The van der Waals surface area contributed by atoms with E-state index < -0.39 is 12.0 Å². The number of nitrogens with two attached hydrogens (primary N) is 1. The van der Waals surface area contributed by atoms with Crippen LogP contribution in [0, 0.1) is 0 Å². The van der Waals surface area contributed by atoms with Crippen molar-refractivity contribution >= 4 is 5.91 Å². The molecule has 0 heterocycles. The van der Waals surface area contributed by atoms with Crippen molar-refractivity contribution in [2.75, 3.05) is 19.8 Å². The van der Waals surface area contributed by atoms with Crippen LogP contribution in [0.2, 0.25) is 0 Å². The summed E-state index contributed by atoms with van der Waals surface area (Å²) < 4.78 is 11.1. The largest absolute Gasteiger partial charge is 0.490 e. The molecule has 6 nitrogen and oxygen atoms in total. The SMILES string of the molecule is CCOC(C)COc1ccc(C(O)CNC(C)CCc2ccccc2)cc1C(N)=O. The molecule has 164 valence electrons. The minimum atomic E-state index is -0.751. The number of benzene rings is 2. The molecule has 0 aliphatic heterocycles. The van der Waals surface area contributed by atoms with Crippen LogP contribution in [-0.2, 0) is 11.2 Å². The number of amides is 1. The number of hydrogen-bond acceptors (Lipinski definition) is 5. The Hall–Kier alpha value is -2.41. The molecule has 0 saturated heterocycles. The lowest BCUT2D eigenvalue weighted by Crippen LogP contribution is -2.31. The summed E-state index contributed by atoms with van der Waals surface area (Å²) >= 11 is 0. The van der Waals surface area contributed by atoms with Crippen molar-refractivity contribution in [2.24, 2.45) is 5.73 Å². The second kappa shape index (κ2) is 12.3. The van der Waals surface area contributed by atoms with Gasteiger partial charge in [-0.05, 0) is 56.9 Å². The Morgan fingerprint density at radius 2 is 1.90 bits per heavy atom. The Morgan fingerprint density at radius 1 is 1.17 bits per heavy atom. The van der Waals surface area contributed by atoms with Crippen LogP contribution in [0.4, 0.5) is 0 Å². The first-order valence-electron chi connectivity index (χ1n) is 10.5. The minimum Gasteiger partial charge on any atom is -0.490 e. The van der Waals surface area contributed by atoms with Crippen LogP contribution in [0.25, 0.3) is 0 Å². The monoisotopic (exact) mass is 414 g/mol. The van der Waals surface area contributed by atoms with Gasteiger partial charge in [-0.3, -0.25) is 4.79 Å². The molecule has 4 N–H and O–H groups in total. The maximum Gasteiger partial charge on any atom is 0.252 e. The van der Waals surface area contributed by atoms with Crippen molar-refractivity contribution in [1.29, 1.82) is 0 Å². The average Bonchev–Trinajstić information content (AvgIpc) is 2.75. The molecule has 1 amide bonds. The number of carbonyl (C=O) groups is 1. The molecule has 3 unspecified atom stereocenters. The zero-order valence-corrected chi connectivity index (χ0v) is 18.1. The first kappa shape index (κ1) is 23.9. The number of hydrogen-bond donors (Lipinski definition) is 3. The van der Waals surface area contributed by atoms with Crippen molar-refractivity contribution < 1.29 is 19.4 Å². The highest BCUT2D eigenvalue weighted by Gasteiger charge is 2.16. The first-order valence-corrected chi connectivity index (χ1v) is 10.5. The molecule has 2 rings (SSSR count). The Bertz CT molecular complexity index is 782. The number of aryl methyl sites for hydroxylation is 1. The topological polar surface area (TPSA) is 93.8 Å². The van der Waals surface area contributed by atoms with Crippen LogP contribution in [0.3, 0.4) is 0 Å². The van der Waals surface area contributed by atoms with Gasteiger partial charge in [0.25, 0.3) is 5.91 Å². The fourth-order valence-electron chi connectivity index (χ4n) is 3.17. The normalized spacial score (nSPS) is 14.1. The molecule has 0 fully saturated rings. The van der Waals surface area contributed by atoms with Crippen molar-refractivity contribution in [2.45, 2.75) is 51.9 Å². The van der Waals surface area contributed by atoms with E-state index in [0.29, 0.717) is 31.1 Å². The van der Waals surface area contributed by atoms with Crippen LogP contribution >= 0.6 is 0 Å². The molecular weight excluding hydrogens is 380 g/mol. The third kappa shape index (κ3) is 7.78. The van der Waals surface area contributed by atoms with Crippen molar-refractivity contribution in [3.63, 3.8) is 0 Å². The molecule has 0 radical (unpaired) electrons. The molecule has 2 aromatic carbocycles. The van der Waals surface area contributed by atoms with Gasteiger partial charge in [0, 0.05) is 19.2 Å². The summed E-state index contributed by atoms with van der Waals surface area (Å²) in [4.78, 5) is 11.9. The highest BCUT2D eigenvalue weighted by atomic mass is 16.5. The smallest absolute Gasteiger partial charge is 0.252 e. The lowest BCUT2D eigenvalue weighted by molar-refractivity contribution is 0.0398. The number of aliphatic hydroxyl groups excluding tert-OH is 1. The zero-order valence-electron chi connectivity index (χ0n) is 18.1. The Kier molecular flexibility index (Phi) is 9.80. The number of ether oxygens (including phenoxy) is 2. The van der Waals surface area contributed by atoms with Crippen LogP contribution in [0.5, 0.6) is 5.75 Å². The lowest BCUT2D eigenvalue weighted by atomic mass is 10.0. The molecule has 3 atom stereocenters. The fraction of sp³-hybridized carbons (Fsp3) is 0.458. The molecule has 0 spiro atoms. The Balaban J connectivity index is 1.90. The summed E-state index contributed by atoms with van der Waals surface area (Å²) in [7, 11) is 0. The van der Waals surface area contributed by atoms with E-state index in [1.807, 2.05) is 32.0 Å². The van der Waals surface area contributed by atoms with Crippen LogP contribution in [-0.4, -0.2) is 42.9 Å². The quantitative estimate of drug-likeness (QED) is 0.468. The zero-order chi connectivity index (χ0) is 21.9. The third-order valence-electron chi connectivity index (χ3n) is 4.95. The van der Waals surface area contributed by atoms with Crippen molar-refractivity contribution in [3.8, 4) is 5.75 Å². The van der Waals surface area contributed by atoms with E-state index in [9.17, 15) is 9.90 Å². The van der Waals surface area contributed by atoms with Crippen LogP contribution in [0.15, 0.2) is 48.5 Å². The third-order valence-corrected chi connectivity index (χ3v) is 4.95. The van der Waals surface area contributed by atoms with Crippen LogP contribution in [0.1, 0.15) is 54.8 Å². The van der Waals surface area contributed by atoms with Gasteiger partial charge in [-0.2, -0.15) is 0 Å². The number of carbonyl (C=O) groups excluding carboxylic acids is 1. The summed E-state index contributed by atoms with van der Waals surface area (Å²) in [5, 5.41) is 13.9. The molecule has 2 aromatic rings. The molecule has 6 heteroatoms. The molecule has 0 aromatic heterocycles. The van der Waals surface area contributed by atoms with E-state index in [-0.39, 0.29) is 17.7 Å². The average molecular weight is 415 g/mol. The number of nitrogens with one attached hydrogen (secondary N) is 1. The predicted molar refractivity (Wildman–Crippen MR) is 119 cm³/mol. The van der Waals surface area contributed by atoms with Gasteiger partial charge in [-0.15, -0.1) is 0 Å². The highest BCUT2D eigenvalue weighted by molar-refractivity contribution is 5.95. The lowest BCUT2D eigenvalue weighted by Gasteiger charge is -2.19. The molecule has 0 aliphatic carbocycles. The minimum absolute atomic E-state index is 0.0948. The van der Waals surface area contributed by atoms with Gasteiger partial charge < -0.3 is 25.6 Å². The van der Waals surface area contributed by atoms with Crippen molar-refractivity contribution in [1.82, 2.24) is 5.32 Å². The van der Waals surface area contributed by atoms with Gasteiger partial charge in [0.15, 0.2) is 0 Å². The van der Waals surface area contributed by atoms with Gasteiger partial charge >= 0.3 is 0 Å². The van der Waals surface area contributed by atoms with Crippen LogP contribution < -0.4 is 15.8 Å². The summed E-state index contributed by atoms with van der Waals surface area (Å²) in [5.74, 6) is -0.193. The van der Waals surface area contributed by atoms with E-state index in [1.54, 1.807) is 18.2 Å². The number of aliphatic hydroxyl groups is 1. The molecule has 0 bridgehead atoms. The Labute approximate surface area is 179 Å². The summed E-state index contributed by atoms with van der Waals surface area (Å²) in [6, 6.07) is 15.6. The highest BCUT2D eigenvalue weighted by Crippen LogP contribution is 2.24. The van der Waals surface area contributed by atoms with Crippen molar-refractivity contribution in [3.05, 3.63) is 65.2 Å². The van der Waals surface area contributed by atoms with E-state index in [0.717, 1.165) is 12.8 Å². The second-order valence-corrected chi connectivity index (χ2v) is 7.55. The molecule has 30 heavy (non-hydrogen) atoms. The summed E-state index contributed by atoms with van der Waals surface area (Å²) in [6.45, 7) is 7.20. The predicted octanol–water partition coefficient (Wildman–Crippen LogP) is 3.23. The van der Waals surface area contributed by atoms with Gasteiger partial charge in [0.1, 0.15) is 12.4 Å². The number of primary amides is 1. The maximum absolute atomic E-state index is 11.9. The van der Waals surface area contributed by atoms with Gasteiger partial charge in [-0.25, -0.2) is 0 Å². The fourth-order valence-corrected chi connectivity index (χ4v) is 3.17. The van der Waals surface area contributed by atoms with Gasteiger partial charge in [-0.1, -0.05) is 36.4 Å². The summed E-state index contributed by atoms with van der Waals surface area (Å²) in [5.41, 5.74) is 7.70. The first-order chi connectivity index (χ1) is 14.4. The van der Waals surface area contributed by atoms with E-state index in [1.165, 1.54) is 5.56 Å². The van der Waals surface area contributed by atoms with Gasteiger partial charge in [0.05, 0.1) is 17.8 Å².